The summed E-state index contributed by atoms with van der Waals surface area (Å²) in [6, 6.07) is 7.26. The molecule has 29 heavy (non-hydrogen) atoms. The molecule has 2 aromatic rings. The van der Waals surface area contributed by atoms with E-state index in [9.17, 15) is 14.4 Å². The summed E-state index contributed by atoms with van der Waals surface area (Å²) in [6.45, 7) is 3.74. The van der Waals surface area contributed by atoms with Gasteiger partial charge in [0.1, 0.15) is 6.26 Å². The summed E-state index contributed by atoms with van der Waals surface area (Å²) in [4.78, 5) is 40.7. The largest absolute Gasteiger partial charge is 0.472 e. The van der Waals surface area contributed by atoms with Gasteiger partial charge in [0.25, 0.3) is 11.8 Å². The van der Waals surface area contributed by atoms with Gasteiger partial charge in [-0.25, -0.2) is 0 Å². The highest BCUT2D eigenvalue weighted by Gasteiger charge is 2.27. The lowest BCUT2D eigenvalue weighted by Crippen LogP contribution is -2.46. The van der Waals surface area contributed by atoms with E-state index in [1.165, 1.54) is 12.5 Å². The fourth-order valence-electron chi connectivity index (χ4n) is 4.06. The molecule has 0 spiro atoms. The molecule has 3 heterocycles. The molecule has 152 valence electrons. The highest BCUT2D eigenvalue weighted by molar-refractivity contribution is 5.98. The van der Waals surface area contributed by atoms with E-state index in [-0.39, 0.29) is 23.8 Å². The lowest BCUT2D eigenvalue weighted by Gasteiger charge is -2.32. The zero-order valence-corrected chi connectivity index (χ0v) is 16.5. The molecule has 3 amide bonds. The number of likely N-dealkylation sites (tertiary alicyclic amines) is 1. The van der Waals surface area contributed by atoms with Gasteiger partial charge in [0.2, 0.25) is 5.91 Å². The van der Waals surface area contributed by atoms with Crippen molar-refractivity contribution in [3.63, 3.8) is 0 Å². The number of carbonyl (C=O) groups is 3. The second kappa shape index (κ2) is 8.11. The van der Waals surface area contributed by atoms with E-state index in [0.29, 0.717) is 37.2 Å². The van der Waals surface area contributed by atoms with Crippen molar-refractivity contribution in [2.45, 2.75) is 38.6 Å². The Labute approximate surface area is 169 Å². The predicted octanol–water partition coefficient (Wildman–Crippen LogP) is 2.61. The second-order valence-electron chi connectivity index (χ2n) is 7.54. The van der Waals surface area contributed by atoms with Crippen LogP contribution in [-0.4, -0.2) is 48.3 Å². The fraction of sp³-hybridized carbons (Fsp3) is 0.409. The summed E-state index contributed by atoms with van der Waals surface area (Å²) in [5, 5.41) is 3.09. The number of furan rings is 1. The highest BCUT2D eigenvalue weighted by atomic mass is 16.3. The number of hydrogen-bond donors (Lipinski definition) is 1. The number of nitrogens with zero attached hydrogens (tertiary/aromatic N) is 2. The molecule has 0 unspecified atom stereocenters. The molecule has 0 radical (unpaired) electrons. The average Bonchev–Trinajstić information content (AvgIpc) is 3.43. The zero-order chi connectivity index (χ0) is 20.4. The lowest BCUT2D eigenvalue weighted by atomic mass is 10.0. The maximum absolute atomic E-state index is 12.7. The second-order valence-corrected chi connectivity index (χ2v) is 7.54. The van der Waals surface area contributed by atoms with Crippen molar-refractivity contribution in [1.29, 1.82) is 0 Å². The summed E-state index contributed by atoms with van der Waals surface area (Å²) in [5.41, 5.74) is 3.13. The number of rotatable bonds is 4. The van der Waals surface area contributed by atoms with Gasteiger partial charge in [-0.2, -0.15) is 0 Å². The SMILES string of the molecule is CCC(=O)N1CCc2cc(C(=O)NC3CCN(C(=O)c4ccoc4)CC3)ccc21. The first-order valence-corrected chi connectivity index (χ1v) is 10.1. The van der Waals surface area contributed by atoms with E-state index in [0.717, 1.165) is 30.5 Å². The molecule has 1 saturated heterocycles. The summed E-state index contributed by atoms with van der Waals surface area (Å²) >= 11 is 0. The minimum Gasteiger partial charge on any atom is -0.472 e. The van der Waals surface area contributed by atoms with Gasteiger partial charge in [0.15, 0.2) is 0 Å². The number of amides is 3. The van der Waals surface area contributed by atoms with Crippen LogP contribution in [0.3, 0.4) is 0 Å². The van der Waals surface area contributed by atoms with Gasteiger partial charge in [-0.1, -0.05) is 6.92 Å². The van der Waals surface area contributed by atoms with Crippen molar-refractivity contribution in [3.8, 4) is 0 Å². The van der Waals surface area contributed by atoms with Crippen LogP contribution in [0.2, 0.25) is 0 Å². The number of carbonyl (C=O) groups excluding carboxylic acids is 3. The Morgan fingerprint density at radius 2 is 1.90 bits per heavy atom. The van der Waals surface area contributed by atoms with Gasteiger partial charge in [0.05, 0.1) is 11.8 Å². The first-order valence-electron chi connectivity index (χ1n) is 10.1. The first kappa shape index (κ1) is 19.2. The average molecular weight is 395 g/mol. The molecule has 1 aromatic carbocycles. The number of piperidine rings is 1. The molecule has 1 aromatic heterocycles. The number of nitrogens with one attached hydrogen (secondary N) is 1. The fourth-order valence-corrected chi connectivity index (χ4v) is 4.06. The van der Waals surface area contributed by atoms with E-state index in [4.69, 9.17) is 4.42 Å². The van der Waals surface area contributed by atoms with Crippen LogP contribution < -0.4 is 10.2 Å². The quantitative estimate of drug-likeness (QED) is 0.863. The third kappa shape index (κ3) is 3.90. The molecular formula is C22H25N3O4. The van der Waals surface area contributed by atoms with Gasteiger partial charge in [0, 0.05) is 43.3 Å². The highest BCUT2D eigenvalue weighted by Crippen LogP contribution is 2.29. The molecule has 2 aliphatic rings. The number of benzene rings is 1. The summed E-state index contributed by atoms with van der Waals surface area (Å²) in [6.07, 6.45) is 5.64. The van der Waals surface area contributed by atoms with Crippen molar-refractivity contribution in [2.75, 3.05) is 24.5 Å². The number of fused-ring (bicyclic) bond motifs is 1. The van der Waals surface area contributed by atoms with E-state index in [2.05, 4.69) is 5.32 Å². The summed E-state index contributed by atoms with van der Waals surface area (Å²) in [5.74, 6) is -0.0290. The normalized spacial score (nSPS) is 16.6. The smallest absolute Gasteiger partial charge is 0.257 e. The van der Waals surface area contributed by atoms with Gasteiger partial charge in [-0.3, -0.25) is 14.4 Å². The Balaban J connectivity index is 1.34. The number of hydrogen-bond acceptors (Lipinski definition) is 4. The van der Waals surface area contributed by atoms with Gasteiger partial charge >= 0.3 is 0 Å². The van der Waals surface area contributed by atoms with Crippen molar-refractivity contribution >= 4 is 23.4 Å². The van der Waals surface area contributed by atoms with Crippen LogP contribution in [0.25, 0.3) is 0 Å². The van der Waals surface area contributed by atoms with Gasteiger partial charge in [-0.05, 0) is 49.1 Å². The van der Waals surface area contributed by atoms with Crippen LogP contribution in [0.4, 0.5) is 5.69 Å². The molecule has 0 saturated carbocycles. The van der Waals surface area contributed by atoms with Crippen LogP contribution in [-0.2, 0) is 11.2 Å². The molecule has 7 heteroatoms. The van der Waals surface area contributed by atoms with E-state index < -0.39 is 0 Å². The van der Waals surface area contributed by atoms with E-state index in [1.807, 2.05) is 19.1 Å². The van der Waals surface area contributed by atoms with Crippen LogP contribution in [0, 0.1) is 0 Å². The summed E-state index contributed by atoms with van der Waals surface area (Å²) < 4.78 is 4.98. The Morgan fingerprint density at radius 1 is 1.10 bits per heavy atom. The zero-order valence-electron chi connectivity index (χ0n) is 16.5. The number of anilines is 1. The third-order valence-corrected chi connectivity index (χ3v) is 5.73. The monoisotopic (exact) mass is 395 g/mol. The predicted molar refractivity (Wildman–Crippen MR) is 108 cm³/mol. The Bertz CT molecular complexity index is 914. The first-order chi connectivity index (χ1) is 14.1. The van der Waals surface area contributed by atoms with E-state index >= 15 is 0 Å². The van der Waals surface area contributed by atoms with E-state index in [1.54, 1.807) is 21.9 Å². The van der Waals surface area contributed by atoms with Crippen molar-refractivity contribution < 1.29 is 18.8 Å². The molecule has 4 rings (SSSR count). The molecule has 7 nitrogen and oxygen atoms in total. The molecular weight excluding hydrogens is 370 g/mol. The molecule has 0 atom stereocenters. The van der Waals surface area contributed by atoms with Crippen LogP contribution in [0.1, 0.15) is 52.5 Å². The Hall–Kier alpha value is -3.09. The molecule has 0 aliphatic carbocycles. The minimum atomic E-state index is -0.104. The van der Waals surface area contributed by atoms with Crippen molar-refractivity contribution in [3.05, 3.63) is 53.5 Å². The van der Waals surface area contributed by atoms with Crippen molar-refractivity contribution in [2.24, 2.45) is 0 Å². The topological polar surface area (TPSA) is 82.9 Å². The molecule has 1 N–H and O–H groups in total. The maximum atomic E-state index is 12.7. The maximum Gasteiger partial charge on any atom is 0.257 e. The van der Waals surface area contributed by atoms with Gasteiger partial charge < -0.3 is 19.5 Å². The summed E-state index contributed by atoms with van der Waals surface area (Å²) in [7, 11) is 0. The minimum absolute atomic E-state index is 0.0340. The standard InChI is InChI=1S/C22H25N3O4/c1-2-20(26)25-11-5-15-13-16(3-4-19(15)25)21(27)23-18-6-9-24(10-7-18)22(28)17-8-12-29-14-17/h3-4,8,12-14,18H,2,5-7,9-11H2,1H3,(H,23,27). The molecule has 2 aliphatic heterocycles. The Morgan fingerprint density at radius 3 is 2.59 bits per heavy atom. The third-order valence-electron chi connectivity index (χ3n) is 5.73. The van der Waals surface area contributed by atoms with Crippen LogP contribution >= 0.6 is 0 Å². The van der Waals surface area contributed by atoms with Gasteiger partial charge in [-0.15, -0.1) is 0 Å². The molecule has 1 fully saturated rings. The van der Waals surface area contributed by atoms with Crippen LogP contribution in [0.15, 0.2) is 41.2 Å². The molecule has 0 bridgehead atoms. The lowest BCUT2D eigenvalue weighted by molar-refractivity contribution is -0.118. The van der Waals surface area contributed by atoms with Crippen LogP contribution in [0.5, 0.6) is 0 Å². The van der Waals surface area contributed by atoms with Crippen molar-refractivity contribution in [1.82, 2.24) is 10.2 Å². The Kier molecular flexibility index (Phi) is 5.38.